The molecule has 3 fully saturated rings. The summed E-state index contributed by atoms with van der Waals surface area (Å²) in [4.78, 5) is 32.6. The van der Waals surface area contributed by atoms with Crippen LogP contribution in [0.1, 0.15) is 52.4 Å². The molecule has 0 spiro atoms. The Morgan fingerprint density at radius 2 is 1.73 bits per heavy atom. The first-order chi connectivity index (χ1) is 10.5. The number of allylic oxidation sites excluding steroid dienone is 1. The minimum Gasteiger partial charge on any atom is -0.242 e. The Morgan fingerprint density at radius 3 is 2.45 bits per heavy atom. The minimum absolute atomic E-state index is 0.211. The molecule has 3 aliphatic rings. The minimum atomic E-state index is -0.703. The van der Waals surface area contributed by atoms with E-state index in [-0.39, 0.29) is 5.57 Å². The Bertz CT molecular complexity index is 545. The molecule has 0 radical (unpaired) electrons. The number of carbonyl (C=O) groups excluding carboxylic acids is 2. The van der Waals surface area contributed by atoms with Gasteiger partial charge in [0.25, 0.3) is 0 Å². The fourth-order valence-electron chi connectivity index (χ4n) is 4.75. The fraction of sp³-hybridized carbons (Fsp3) is 0.667. The van der Waals surface area contributed by atoms with Crippen LogP contribution in [0.2, 0.25) is 0 Å². The van der Waals surface area contributed by atoms with E-state index >= 15 is 0 Å². The second kappa shape index (κ2) is 5.90. The van der Waals surface area contributed by atoms with Crippen LogP contribution in [0.5, 0.6) is 0 Å². The highest BCUT2D eigenvalue weighted by atomic mass is 17.2. The second-order valence-electron chi connectivity index (χ2n) is 7.16. The van der Waals surface area contributed by atoms with E-state index in [0.29, 0.717) is 11.5 Å². The van der Waals surface area contributed by atoms with Crippen LogP contribution in [0.3, 0.4) is 0 Å². The average molecular weight is 304 g/mol. The highest BCUT2D eigenvalue weighted by molar-refractivity contribution is 5.91. The van der Waals surface area contributed by atoms with Crippen LogP contribution in [-0.2, 0) is 19.4 Å². The van der Waals surface area contributed by atoms with Crippen LogP contribution >= 0.6 is 0 Å². The molecule has 0 N–H and O–H groups in total. The van der Waals surface area contributed by atoms with Crippen molar-refractivity contribution >= 4 is 11.9 Å². The van der Waals surface area contributed by atoms with E-state index in [1.54, 1.807) is 6.92 Å². The Morgan fingerprint density at radius 1 is 1.05 bits per heavy atom. The van der Waals surface area contributed by atoms with Gasteiger partial charge in [0.1, 0.15) is 0 Å². The molecule has 22 heavy (non-hydrogen) atoms. The van der Waals surface area contributed by atoms with Gasteiger partial charge in [0.05, 0.1) is 0 Å². The van der Waals surface area contributed by atoms with Gasteiger partial charge in [0, 0.05) is 11.1 Å². The number of carbonyl (C=O) groups is 2. The second-order valence-corrected chi connectivity index (χ2v) is 7.16. The lowest BCUT2D eigenvalue weighted by Gasteiger charge is -2.31. The molecule has 0 aromatic heterocycles. The van der Waals surface area contributed by atoms with Gasteiger partial charge in [-0.15, -0.1) is 0 Å². The molecule has 120 valence electrons. The van der Waals surface area contributed by atoms with E-state index in [4.69, 9.17) is 0 Å². The van der Waals surface area contributed by atoms with Crippen molar-refractivity contribution in [2.45, 2.75) is 52.4 Å². The maximum Gasteiger partial charge on any atom is 0.382 e. The van der Waals surface area contributed by atoms with Gasteiger partial charge in [-0.1, -0.05) is 25.0 Å². The van der Waals surface area contributed by atoms with Crippen LogP contribution in [0.4, 0.5) is 0 Å². The van der Waals surface area contributed by atoms with E-state index in [1.165, 1.54) is 44.6 Å². The summed E-state index contributed by atoms with van der Waals surface area (Å²) in [5.41, 5.74) is 2.07. The normalized spacial score (nSPS) is 34.8. The molecule has 3 rings (SSSR count). The molecular formula is C18H24O4. The first-order valence-corrected chi connectivity index (χ1v) is 8.25. The molecular weight excluding hydrogens is 280 g/mol. The van der Waals surface area contributed by atoms with E-state index in [9.17, 15) is 9.59 Å². The van der Waals surface area contributed by atoms with Crippen molar-refractivity contribution in [1.29, 1.82) is 0 Å². The van der Waals surface area contributed by atoms with Crippen LogP contribution in [-0.4, -0.2) is 11.9 Å². The third-order valence-corrected chi connectivity index (χ3v) is 5.80. The predicted octanol–water partition coefficient (Wildman–Crippen LogP) is 3.73. The maximum atomic E-state index is 12.1. The molecule has 4 atom stereocenters. The SMILES string of the molecule is C=C(C)C(=O)OOC(=O)/C(C)=C1\CC2CC1CC1CCCC12. The number of rotatable bonds is 2. The van der Waals surface area contributed by atoms with Crippen molar-refractivity contribution < 1.29 is 19.4 Å². The highest BCUT2D eigenvalue weighted by Crippen LogP contribution is 2.56. The molecule has 0 aromatic carbocycles. The van der Waals surface area contributed by atoms with E-state index in [2.05, 4.69) is 16.4 Å². The Balaban J connectivity index is 1.67. The van der Waals surface area contributed by atoms with Crippen molar-refractivity contribution in [3.8, 4) is 0 Å². The lowest BCUT2D eigenvalue weighted by atomic mass is 9.74. The van der Waals surface area contributed by atoms with Crippen molar-refractivity contribution in [2.75, 3.05) is 0 Å². The lowest BCUT2D eigenvalue weighted by Crippen LogP contribution is -2.23. The topological polar surface area (TPSA) is 52.6 Å². The highest BCUT2D eigenvalue weighted by Gasteiger charge is 2.46. The van der Waals surface area contributed by atoms with Crippen LogP contribution in [0.15, 0.2) is 23.3 Å². The zero-order valence-corrected chi connectivity index (χ0v) is 13.4. The summed E-state index contributed by atoms with van der Waals surface area (Å²) in [5.74, 6) is 1.73. The van der Waals surface area contributed by atoms with Crippen molar-refractivity contribution in [3.05, 3.63) is 23.3 Å². The van der Waals surface area contributed by atoms with E-state index in [0.717, 1.165) is 24.2 Å². The van der Waals surface area contributed by atoms with Crippen LogP contribution in [0.25, 0.3) is 0 Å². The number of hydrogen-bond donors (Lipinski definition) is 0. The summed E-state index contributed by atoms with van der Waals surface area (Å²) >= 11 is 0. The van der Waals surface area contributed by atoms with Gasteiger partial charge < -0.3 is 0 Å². The molecule has 0 aromatic rings. The molecule has 3 saturated carbocycles. The van der Waals surface area contributed by atoms with Gasteiger partial charge >= 0.3 is 11.9 Å². The quantitative estimate of drug-likeness (QED) is 0.443. The molecule has 0 aliphatic heterocycles. The van der Waals surface area contributed by atoms with Gasteiger partial charge in [0.2, 0.25) is 0 Å². The Hall–Kier alpha value is -1.58. The lowest BCUT2D eigenvalue weighted by molar-refractivity contribution is -0.252. The maximum absolute atomic E-state index is 12.1. The third kappa shape index (κ3) is 2.71. The van der Waals surface area contributed by atoms with Crippen molar-refractivity contribution in [1.82, 2.24) is 0 Å². The predicted molar refractivity (Wildman–Crippen MR) is 81.4 cm³/mol. The van der Waals surface area contributed by atoms with Crippen LogP contribution < -0.4 is 0 Å². The Kier molecular flexibility index (Phi) is 4.11. The molecule has 4 unspecified atom stereocenters. The van der Waals surface area contributed by atoms with E-state index < -0.39 is 11.9 Å². The molecule has 4 heteroatoms. The fourth-order valence-corrected chi connectivity index (χ4v) is 4.75. The van der Waals surface area contributed by atoms with Crippen molar-refractivity contribution in [2.24, 2.45) is 23.7 Å². The number of fused-ring (bicyclic) bond motifs is 4. The summed E-state index contributed by atoms with van der Waals surface area (Å²) in [6, 6.07) is 0. The zero-order valence-electron chi connectivity index (χ0n) is 13.4. The summed E-state index contributed by atoms with van der Waals surface area (Å²) in [7, 11) is 0. The Labute approximate surface area is 131 Å². The third-order valence-electron chi connectivity index (χ3n) is 5.80. The van der Waals surface area contributed by atoms with Gasteiger partial charge in [0.15, 0.2) is 0 Å². The van der Waals surface area contributed by atoms with Crippen LogP contribution in [0, 0.1) is 23.7 Å². The smallest absolute Gasteiger partial charge is 0.242 e. The summed E-state index contributed by atoms with van der Waals surface area (Å²) < 4.78 is 0. The van der Waals surface area contributed by atoms with Gasteiger partial charge in [-0.3, -0.25) is 0 Å². The number of hydrogen-bond acceptors (Lipinski definition) is 4. The van der Waals surface area contributed by atoms with Gasteiger partial charge in [-0.05, 0) is 63.2 Å². The molecule has 0 heterocycles. The van der Waals surface area contributed by atoms with E-state index in [1.807, 2.05) is 0 Å². The first-order valence-electron chi connectivity index (χ1n) is 8.25. The molecule has 0 saturated heterocycles. The zero-order chi connectivity index (χ0) is 15.9. The first kappa shape index (κ1) is 15.3. The summed E-state index contributed by atoms with van der Waals surface area (Å²) in [5, 5.41) is 0. The molecule has 4 nitrogen and oxygen atoms in total. The molecule has 3 aliphatic carbocycles. The van der Waals surface area contributed by atoms with Crippen molar-refractivity contribution in [3.63, 3.8) is 0 Å². The molecule has 0 amide bonds. The monoisotopic (exact) mass is 304 g/mol. The summed E-state index contributed by atoms with van der Waals surface area (Å²) in [6.07, 6.45) is 7.52. The van der Waals surface area contributed by atoms with Gasteiger partial charge in [-0.25, -0.2) is 19.4 Å². The summed E-state index contributed by atoms with van der Waals surface area (Å²) in [6.45, 7) is 6.76. The standard InChI is InChI=1S/C18H24O4/c1-10(2)17(19)21-22-18(20)11(3)16-9-14-8-13(16)7-12-5-4-6-15(12)14/h12-15H,1,4-9H2,2-3H3/b16-11+. The van der Waals surface area contributed by atoms with Gasteiger partial charge in [-0.2, -0.15) is 0 Å². The molecule has 2 bridgehead atoms. The average Bonchev–Trinajstić information content (AvgIpc) is 3.09. The largest absolute Gasteiger partial charge is 0.382 e.